The lowest BCUT2D eigenvalue weighted by Crippen LogP contribution is -2.15. The average molecular weight is 218 g/mol. The molecule has 2 aromatic rings. The second-order valence-electron chi connectivity index (χ2n) is 3.30. The monoisotopic (exact) mass is 218 g/mol. The maximum atomic E-state index is 11.6. The highest BCUT2D eigenvalue weighted by molar-refractivity contribution is 6.01. The van der Waals surface area contributed by atoms with Crippen molar-refractivity contribution in [3.05, 3.63) is 46.1 Å². The number of nitrogens with one attached hydrogen (secondary N) is 3. The van der Waals surface area contributed by atoms with Gasteiger partial charge in [-0.2, -0.15) is 0 Å². The van der Waals surface area contributed by atoms with Crippen LogP contribution in [0.25, 0.3) is 0 Å². The number of hydrogen-bond acceptors (Lipinski definition) is 3. The Bertz CT molecular complexity index is 570. The van der Waals surface area contributed by atoms with E-state index in [9.17, 15) is 9.59 Å². The molecule has 1 aromatic heterocycles. The normalized spacial score (nSPS) is 10.1. The summed E-state index contributed by atoms with van der Waals surface area (Å²) in [6.45, 7) is 1.88. The number of nitrogens with zero attached hydrogens (tertiary/aromatic N) is 1. The van der Waals surface area contributed by atoms with Gasteiger partial charge in [-0.25, -0.2) is 9.89 Å². The highest BCUT2D eigenvalue weighted by atomic mass is 16.2. The first-order chi connectivity index (χ1) is 7.66. The van der Waals surface area contributed by atoms with Crippen LogP contribution in [0.3, 0.4) is 0 Å². The largest absolute Gasteiger partial charge is 0.341 e. The summed E-state index contributed by atoms with van der Waals surface area (Å²) in [5.74, 6) is -0.485. The third kappa shape index (κ3) is 2.00. The van der Waals surface area contributed by atoms with Gasteiger partial charge in [0.1, 0.15) is 0 Å². The first kappa shape index (κ1) is 10.2. The molecule has 0 radical (unpaired) electrons. The quantitative estimate of drug-likeness (QED) is 0.691. The van der Waals surface area contributed by atoms with E-state index in [4.69, 9.17) is 0 Å². The average Bonchev–Trinajstić information content (AvgIpc) is 2.68. The van der Waals surface area contributed by atoms with E-state index in [-0.39, 0.29) is 5.82 Å². The van der Waals surface area contributed by atoms with Crippen LogP contribution >= 0.6 is 0 Å². The van der Waals surface area contributed by atoms with Gasteiger partial charge in [0.05, 0.1) is 0 Å². The Balaban J connectivity index is 2.20. The van der Waals surface area contributed by atoms with Gasteiger partial charge in [-0.05, 0) is 18.6 Å². The molecule has 6 heteroatoms. The van der Waals surface area contributed by atoms with Crippen molar-refractivity contribution >= 4 is 11.6 Å². The van der Waals surface area contributed by atoms with Gasteiger partial charge in [-0.3, -0.25) is 9.78 Å². The summed E-state index contributed by atoms with van der Waals surface area (Å²) in [7, 11) is 0. The van der Waals surface area contributed by atoms with E-state index in [0.717, 1.165) is 5.56 Å². The van der Waals surface area contributed by atoms with E-state index in [1.165, 1.54) is 0 Å². The molecule has 16 heavy (non-hydrogen) atoms. The van der Waals surface area contributed by atoms with Crippen molar-refractivity contribution in [3.63, 3.8) is 0 Å². The van der Waals surface area contributed by atoms with Gasteiger partial charge in [0.2, 0.25) is 5.82 Å². The predicted molar refractivity (Wildman–Crippen MR) is 58.3 cm³/mol. The number of aromatic amines is 2. The van der Waals surface area contributed by atoms with Crippen LogP contribution in [0.2, 0.25) is 0 Å². The third-order valence-electron chi connectivity index (χ3n) is 2.11. The SMILES string of the molecule is Cc1ccccc1NC(=O)c1n[nH]c(=O)[nH]1. The van der Waals surface area contributed by atoms with Crippen LogP contribution in [0, 0.1) is 6.92 Å². The van der Waals surface area contributed by atoms with E-state index in [1.54, 1.807) is 6.07 Å². The lowest BCUT2D eigenvalue weighted by molar-refractivity contribution is 0.101. The minimum Gasteiger partial charge on any atom is -0.319 e. The molecule has 2 rings (SSSR count). The Morgan fingerprint density at radius 3 is 2.75 bits per heavy atom. The van der Waals surface area contributed by atoms with Gasteiger partial charge in [0.15, 0.2) is 0 Å². The van der Waals surface area contributed by atoms with Crippen molar-refractivity contribution in [2.75, 3.05) is 5.32 Å². The molecule has 1 amide bonds. The molecule has 0 bridgehead atoms. The number of benzene rings is 1. The van der Waals surface area contributed by atoms with Crippen LogP contribution in [0.4, 0.5) is 5.69 Å². The van der Waals surface area contributed by atoms with Crippen molar-refractivity contribution in [2.24, 2.45) is 0 Å². The van der Waals surface area contributed by atoms with Crippen molar-refractivity contribution in [2.45, 2.75) is 6.92 Å². The molecule has 82 valence electrons. The lowest BCUT2D eigenvalue weighted by Gasteiger charge is -2.05. The molecule has 1 heterocycles. The molecule has 0 fully saturated rings. The third-order valence-corrected chi connectivity index (χ3v) is 2.11. The second-order valence-corrected chi connectivity index (χ2v) is 3.30. The Labute approximate surface area is 90.7 Å². The Morgan fingerprint density at radius 1 is 1.38 bits per heavy atom. The van der Waals surface area contributed by atoms with Crippen molar-refractivity contribution < 1.29 is 4.79 Å². The zero-order chi connectivity index (χ0) is 11.5. The molecular formula is C10H10N4O2. The van der Waals surface area contributed by atoms with Crippen molar-refractivity contribution in [3.8, 4) is 0 Å². The summed E-state index contributed by atoms with van der Waals surface area (Å²) >= 11 is 0. The summed E-state index contributed by atoms with van der Waals surface area (Å²) in [4.78, 5) is 24.7. The lowest BCUT2D eigenvalue weighted by atomic mass is 10.2. The first-order valence-electron chi connectivity index (χ1n) is 4.68. The summed E-state index contributed by atoms with van der Waals surface area (Å²) < 4.78 is 0. The van der Waals surface area contributed by atoms with E-state index in [0.29, 0.717) is 5.69 Å². The number of H-pyrrole nitrogens is 2. The van der Waals surface area contributed by atoms with E-state index >= 15 is 0 Å². The zero-order valence-corrected chi connectivity index (χ0v) is 8.57. The van der Waals surface area contributed by atoms with Gasteiger partial charge in [0, 0.05) is 5.69 Å². The first-order valence-corrected chi connectivity index (χ1v) is 4.68. The number of para-hydroxylation sites is 1. The maximum absolute atomic E-state index is 11.6. The van der Waals surface area contributed by atoms with Gasteiger partial charge in [0.25, 0.3) is 5.91 Å². The van der Waals surface area contributed by atoms with Gasteiger partial charge >= 0.3 is 5.69 Å². The molecular weight excluding hydrogens is 208 g/mol. The maximum Gasteiger partial charge on any atom is 0.341 e. The van der Waals surface area contributed by atoms with Crippen LogP contribution in [-0.2, 0) is 0 Å². The number of carbonyl (C=O) groups excluding carboxylic acids is 1. The molecule has 1 aromatic carbocycles. The number of aryl methyl sites for hydroxylation is 1. The van der Waals surface area contributed by atoms with Gasteiger partial charge < -0.3 is 5.32 Å². The molecule has 0 spiro atoms. The number of anilines is 1. The molecule has 0 unspecified atom stereocenters. The smallest absolute Gasteiger partial charge is 0.319 e. The molecule has 0 saturated carbocycles. The predicted octanol–water partition coefficient (Wildman–Crippen LogP) is 0.659. The molecule has 0 aliphatic carbocycles. The van der Waals surface area contributed by atoms with E-state index < -0.39 is 11.6 Å². The standard InChI is InChI=1S/C10H10N4O2/c1-6-4-2-3-5-7(6)11-9(15)8-12-10(16)14-13-8/h2-5H,1H3,(H,11,15)(H2,12,13,14,16). The fraction of sp³-hybridized carbons (Fsp3) is 0.100. The van der Waals surface area contributed by atoms with Crippen LogP contribution in [0.5, 0.6) is 0 Å². The Morgan fingerprint density at radius 2 is 2.12 bits per heavy atom. The number of aromatic nitrogens is 3. The zero-order valence-electron chi connectivity index (χ0n) is 8.57. The molecule has 0 saturated heterocycles. The van der Waals surface area contributed by atoms with Crippen molar-refractivity contribution in [1.82, 2.24) is 15.2 Å². The van der Waals surface area contributed by atoms with E-state index in [2.05, 4.69) is 20.5 Å². The Hall–Kier alpha value is -2.37. The second kappa shape index (κ2) is 4.01. The fourth-order valence-electron chi connectivity index (χ4n) is 1.27. The Kier molecular flexibility index (Phi) is 2.55. The summed E-state index contributed by atoms with van der Waals surface area (Å²) in [6, 6.07) is 7.35. The van der Waals surface area contributed by atoms with Crippen LogP contribution < -0.4 is 11.0 Å². The van der Waals surface area contributed by atoms with E-state index in [1.807, 2.05) is 25.1 Å². The molecule has 6 nitrogen and oxygen atoms in total. The highest BCUT2D eigenvalue weighted by Gasteiger charge is 2.10. The van der Waals surface area contributed by atoms with Crippen molar-refractivity contribution in [1.29, 1.82) is 0 Å². The minimum atomic E-state index is -0.505. The molecule has 0 aliphatic heterocycles. The number of hydrogen-bond donors (Lipinski definition) is 3. The number of amides is 1. The highest BCUT2D eigenvalue weighted by Crippen LogP contribution is 2.13. The van der Waals surface area contributed by atoms with Gasteiger partial charge in [-0.15, -0.1) is 5.10 Å². The summed E-state index contributed by atoms with van der Waals surface area (Å²) in [6.07, 6.45) is 0. The number of rotatable bonds is 2. The molecule has 0 atom stereocenters. The number of carbonyl (C=O) groups is 1. The topological polar surface area (TPSA) is 90.6 Å². The van der Waals surface area contributed by atoms with Crippen LogP contribution in [0.1, 0.15) is 16.2 Å². The summed E-state index contributed by atoms with van der Waals surface area (Å²) in [5, 5.41) is 8.31. The summed E-state index contributed by atoms with van der Waals surface area (Å²) in [5.41, 5.74) is 1.13. The fourth-order valence-corrected chi connectivity index (χ4v) is 1.27. The van der Waals surface area contributed by atoms with Crippen LogP contribution in [-0.4, -0.2) is 21.1 Å². The van der Waals surface area contributed by atoms with Gasteiger partial charge in [-0.1, -0.05) is 18.2 Å². The molecule has 0 aliphatic rings. The minimum absolute atomic E-state index is 0.0340. The molecule has 3 N–H and O–H groups in total. The van der Waals surface area contributed by atoms with Crippen LogP contribution in [0.15, 0.2) is 29.1 Å².